The standard InChI is InChI=1S/C17H21N3O2S/c1-17(2)11-20(8-14(17)21)9-15(22)19-16-18-13(10-23-16)12-6-4-3-5-7-12/h3-7,10,14,21H,8-9,11H2,1-2H3,(H,18,19,22). The highest BCUT2D eigenvalue weighted by Gasteiger charge is 2.38. The average Bonchev–Trinajstić information content (AvgIpc) is 3.05. The first-order valence-corrected chi connectivity index (χ1v) is 8.53. The van der Waals surface area contributed by atoms with E-state index in [4.69, 9.17) is 0 Å². The van der Waals surface area contributed by atoms with Crippen molar-refractivity contribution >= 4 is 22.4 Å². The molecular weight excluding hydrogens is 310 g/mol. The number of thiazole rings is 1. The number of carbonyl (C=O) groups excluding carboxylic acids is 1. The van der Waals surface area contributed by atoms with Crippen LogP contribution in [0.1, 0.15) is 13.8 Å². The van der Waals surface area contributed by atoms with Crippen LogP contribution in [-0.4, -0.2) is 46.6 Å². The molecule has 1 aromatic heterocycles. The van der Waals surface area contributed by atoms with E-state index in [0.717, 1.165) is 11.3 Å². The number of benzene rings is 1. The fraction of sp³-hybridized carbons (Fsp3) is 0.412. The van der Waals surface area contributed by atoms with E-state index in [1.54, 1.807) is 0 Å². The Balaban J connectivity index is 1.58. The van der Waals surface area contributed by atoms with Crippen LogP contribution in [0.2, 0.25) is 0 Å². The number of nitrogens with one attached hydrogen (secondary N) is 1. The van der Waals surface area contributed by atoms with Gasteiger partial charge >= 0.3 is 0 Å². The van der Waals surface area contributed by atoms with Crippen molar-refractivity contribution in [3.63, 3.8) is 0 Å². The SMILES string of the molecule is CC1(C)CN(CC(=O)Nc2nc(-c3ccccc3)cs2)CC1O. The third-order valence-corrected chi connectivity index (χ3v) is 4.91. The molecule has 3 rings (SSSR count). The molecule has 0 spiro atoms. The number of likely N-dealkylation sites (tertiary alicyclic amines) is 1. The molecule has 0 aliphatic carbocycles. The second-order valence-corrected chi connectivity index (χ2v) is 7.48. The first-order chi connectivity index (χ1) is 10.9. The van der Waals surface area contributed by atoms with Crippen molar-refractivity contribution in [3.05, 3.63) is 35.7 Å². The van der Waals surface area contributed by atoms with Gasteiger partial charge in [-0.15, -0.1) is 11.3 Å². The van der Waals surface area contributed by atoms with E-state index in [-0.39, 0.29) is 24.0 Å². The molecule has 1 amide bonds. The largest absolute Gasteiger partial charge is 0.391 e. The molecule has 0 bridgehead atoms. The Kier molecular flexibility index (Phi) is 4.48. The van der Waals surface area contributed by atoms with Crippen molar-refractivity contribution in [3.8, 4) is 11.3 Å². The second-order valence-electron chi connectivity index (χ2n) is 6.63. The van der Waals surface area contributed by atoms with Crippen molar-refractivity contribution < 1.29 is 9.90 Å². The van der Waals surface area contributed by atoms with Gasteiger partial charge in [-0.05, 0) is 0 Å². The van der Waals surface area contributed by atoms with Gasteiger partial charge in [-0.3, -0.25) is 9.69 Å². The Morgan fingerprint density at radius 2 is 2.17 bits per heavy atom. The van der Waals surface area contributed by atoms with Gasteiger partial charge in [-0.1, -0.05) is 44.2 Å². The number of nitrogens with zero attached hydrogens (tertiary/aromatic N) is 2. The number of aliphatic hydroxyl groups excluding tert-OH is 1. The number of β-amino-alcohol motifs (C(OH)–C–C–N with tert-alkyl or cyclic N) is 1. The summed E-state index contributed by atoms with van der Waals surface area (Å²) < 4.78 is 0. The van der Waals surface area contributed by atoms with Gasteiger partial charge in [0.1, 0.15) is 0 Å². The van der Waals surface area contributed by atoms with Gasteiger partial charge in [0, 0.05) is 29.4 Å². The second kappa shape index (κ2) is 6.39. The van der Waals surface area contributed by atoms with E-state index in [9.17, 15) is 9.90 Å². The van der Waals surface area contributed by atoms with Gasteiger partial charge in [0.2, 0.25) is 5.91 Å². The highest BCUT2D eigenvalue weighted by molar-refractivity contribution is 7.14. The van der Waals surface area contributed by atoms with Crippen LogP contribution in [0.15, 0.2) is 35.7 Å². The van der Waals surface area contributed by atoms with E-state index < -0.39 is 0 Å². The summed E-state index contributed by atoms with van der Waals surface area (Å²) in [7, 11) is 0. The van der Waals surface area contributed by atoms with Crippen LogP contribution in [0.5, 0.6) is 0 Å². The van der Waals surface area contributed by atoms with Gasteiger partial charge in [0.15, 0.2) is 5.13 Å². The first kappa shape index (κ1) is 16.1. The third kappa shape index (κ3) is 3.77. The lowest BCUT2D eigenvalue weighted by Gasteiger charge is -2.20. The minimum absolute atomic E-state index is 0.0936. The van der Waals surface area contributed by atoms with Gasteiger partial charge < -0.3 is 10.4 Å². The molecule has 1 fully saturated rings. The number of rotatable bonds is 4. The fourth-order valence-corrected chi connectivity index (χ4v) is 3.53. The quantitative estimate of drug-likeness (QED) is 0.903. The summed E-state index contributed by atoms with van der Waals surface area (Å²) in [5.74, 6) is -0.0936. The highest BCUT2D eigenvalue weighted by Crippen LogP contribution is 2.29. The molecule has 2 heterocycles. The van der Waals surface area contributed by atoms with E-state index in [0.29, 0.717) is 18.2 Å². The predicted molar refractivity (Wildman–Crippen MR) is 92.4 cm³/mol. The number of hydrogen-bond donors (Lipinski definition) is 2. The zero-order chi connectivity index (χ0) is 16.4. The minimum atomic E-state index is -0.389. The molecule has 1 saturated heterocycles. The Morgan fingerprint density at radius 1 is 1.43 bits per heavy atom. The van der Waals surface area contributed by atoms with E-state index in [1.807, 2.05) is 54.5 Å². The summed E-state index contributed by atoms with van der Waals surface area (Å²) in [6.07, 6.45) is -0.389. The summed E-state index contributed by atoms with van der Waals surface area (Å²) in [6.45, 7) is 5.56. The fourth-order valence-electron chi connectivity index (χ4n) is 2.79. The van der Waals surface area contributed by atoms with Crippen LogP contribution in [0.4, 0.5) is 5.13 Å². The van der Waals surface area contributed by atoms with Crippen molar-refractivity contribution in [2.24, 2.45) is 5.41 Å². The van der Waals surface area contributed by atoms with E-state index in [2.05, 4.69) is 10.3 Å². The molecule has 1 atom stereocenters. The van der Waals surface area contributed by atoms with Crippen molar-refractivity contribution in [2.45, 2.75) is 20.0 Å². The molecule has 2 aromatic rings. The lowest BCUT2D eigenvalue weighted by atomic mass is 9.90. The molecule has 23 heavy (non-hydrogen) atoms. The Bertz CT molecular complexity index is 684. The van der Waals surface area contributed by atoms with Crippen LogP contribution in [0.25, 0.3) is 11.3 Å². The maximum absolute atomic E-state index is 12.2. The lowest BCUT2D eigenvalue weighted by molar-refractivity contribution is -0.117. The average molecular weight is 331 g/mol. The van der Waals surface area contributed by atoms with Crippen molar-refractivity contribution in [1.29, 1.82) is 0 Å². The maximum Gasteiger partial charge on any atom is 0.240 e. The monoisotopic (exact) mass is 331 g/mol. The topological polar surface area (TPSA) is 65.5 Å². The van der Waals surface area contributed by atoms with Crippen molar-refractivity contribution in [1.82, 2.24) is 9.88 Å². The number of amides is 1. The molecule has 0 radical (unpaired) electrons. The Hall–Kier alpha value is -1.76. The molecule has 122 valence electrons. The Labute approximate surface area is 140 Å². The number of aromatic nitrogens is 1. The van der Waals surface area contributed by atoms with E-state index >= 15 is 0 Å². The third-order valence-electron chi connectivity index (χ3n) is 4.15. The van der Waals surface area contributed by atoms with Crippen LogP contribution in [0, 0.1) is 5.41 Å². The maximum atomic E-state index is 12.2. The highest BCUT2D eigenvalue weighted by atomic mass is 32.1. The molecule has 2 N–H and O–H groups in total. The molecule has 1 aliphatic rings. The molecular formula is C17H21N3O2S. The van der Waals surface area contributed by atoms with Crippen LogP contribution >= 0.6 is 11.3 Å². The summed E-state index contributed by atoms with van der Waals surface area (Å²) in [5, 5.41) is 15.4. The van der Waals surface area contributed by atoms with Crippen LogP contribution in [0.3, 0.4) is 0 Å². The molecule has 1 aromatic carbocycles. The minimum Gasteiger partial charge on any atom is -0.391 e. The smallest absolute Gasteiger partial charge is 0.240 e. The molecule has 5 nitrogen and oxygen atoms in total. The summed E-state index contributed by atoms with van der Waals surface area (Å²) >= 11 is 1.42. The zero-order valence-electron chi connectivity index (χ0n) is 13.3. The van der Waals surface area contributed by atoms with Crippen LogP contribution in [-0.2, 0) is 4.79 Å². The summed E-state index contributed by atoms with van der Waals surface area (Å²) in [4.78, 5) is 18.6. The summed E-state index contributed by atoms with van der Waals surface area (Å²) in [6, 6.07) is 9.88. The van der Waals surface area contributed by atoms with Crippen LogP contribution < -0.4 is 5.32 Å². The molecule has 0 saturated carbocycles. The van der Waals surface area contributed by atoms with Gasteiger partial charge in [-0.25, -0.2) is 4.98 Å². The number of anilines is 1. The molecule has 6 heteroatoms. The zero-order valence-corrected chi connectivity index (χ0v) is 14.1. The van der Waals surface area contributed by atoms with Gasteiger partial charge in [-0.2, -0.15) is 0 Å². The Morgan fingerprint density at radius 3 is 2.83 bits per heavy atom. The summed E-state index contributed by atoms with van der Waals surface area (Å²) in [5.41, 5.74) is 1.74. The number of hydrogen-bond acceptors (Lipinski definition) is 5. The van der Waals surface area contributed by atoms with Gasteiger partial charge in [0.05, 0.1) is 18.3 Å². The predicted octanol–water partition coefficient (Wildman–Crippen LogP) is 2.45. The number of aliphatic hydroxyl groups is 1. The normalized spacial score (nSPS) is 20.6. The van der Waals surface area contributed by atoms with E-state index in [1.165, 1.54) is 11.3 Å². The first-order valence-electron chi connectivity index (χ1n) is 7.65. The van der Waals surface area contributed by atoms with Crippen molar-refractivity contribution in [2.75, 3.05) is 25.0 Å². The number of carbonyl (C=O) groups is 1. The molecule has 1 unspecified atom stereocenters. The lowest BCUT2D eigenvalue weighted by Crippen LogP contribution is -2.32. The van der Waals surface area contributed by atoms with Gasteiger partial charge in [0.25, 0.3) is 0 Å². The molecule has 1 aliphatic heterocycles.